The molecule has 2 fully saturated rings. The van der Waals surface area contributed by atoms with Crippen LogP contribution in [0.25, 0.3) is 0 Å². The number of carbonyl (C=O) groups is 1. The molecule has 0 aliphatic carbocycles. The fourth-order valence-corrected chi connectivity index (χ4v) is 4.97. The topological polar surface area (TPSA) is 82.9 Å². The summed E-state index contributed by atoms with van der Waals surface area (Å²) in [5, 5.41) is 2.68. The third-order valence-corrected chi connectivity index (χ3v) is 6.23. The van der Waals surface area contributed by atoms with Crippen LogP contribution in [0, 0.1) is 0 Å². The Labute approximate surface area is 124 Å². The van der Waals surface area contributed by atoms with Crippen LogP contribution in [0.1, 0.15) is 31.6 Å². The van der Waals surface area contributed by atoms with Crippen molar-refractivity contribution in [2.75, 3.05) is 19.6 Å². The first kappa shape index (κ1) is 14.6. The van der Waals surface area contributed by atoms with Crippen LogP contribution in [0.3, 0.4) is 0 Å². The van der Waals surface area contributed by atoms with E-state index in [1.165, 1.54) is 8.61 Å². The van der Waals surface area contributed by atoms with Gasteiger partial charge in [0.05, 0.1) is 12.3 Å². The molecule has 7 nitrogen and oxygen atoms in total. The first-order valence-corrected chi connectivity index (χ1v) is 8.51. The molecule has 1 aromatic heterocycles. The molecular weight excluding hydrogens is 294 g/mol. The predicted molar refractivity (Wildman–Crippen MR) is 75.5 cm³/mol. The van der Waals surface area contributed by atoms with Crippen LogP contribution in [0.5, 0.6) is 0 Å². The lowest BCUT2D eigenvalue weighted by Crippen LogP contribution is -2.58. The largest absolute Gasteiger partial charge is 0.468 e. The van der Waals surface area contributed by atoms with E-state index in [0.717, 1.165) is 12.8 Å². The highest BCUT2D eigenvalue weighted by Gasteiger charge is 2.43. The zero-order chi connectivity index (χ0) is 15.0. The molecule has 2 aliphatic rings. The summed E-state index contributed by atoms with van der Waals surface area (Å²) in [5.41, 5.74) is 0. The third-order valence-electron chi connectivity index (χ3n) is 4.11. The second-order valence-corrected chi connectivity index (χ2v) is 7.20. The standard InChI is InChI=1S/C13H19N3O4S/c1-10-13(17)14-6-8-15(10)21(18,19)16-7-2-4-11(16)12-5-3-9-20-12/h3,5,9-11H,2,4,6-8H2,1H3,(H,14,17). The highest BCUT2D eigenvalue weighted by molar-refractivity contribution is 7.86. The summed E-state index contributed by atoms with van der Waals surface area (Å²) in [7, 11) is -3.67. The van der Waals surface area contributed by atoms with Gasteiger partial charge in [-0.1, -0.05) is 0 Å². The fraction of sp³-hybridized carbons (Fsp3) is 0.615. The van der Waals surface area contributed by atoms with E-state index in [4.69, 9.17) is 4.42 Å². The first-order chi connectivity index (χ1) is 10.0. The molecule has 0 aromatic carbocycles. The van der Waals surface area contributed by atoms with Gasteiger partial charge in [-0.2, -0.15) is 17.0 Å². The first-order valence-electron chi connectivity index (χ1n) is 7.11. The normalized spacial score (nSPS) is 28.7. The summed E-state index contributed by atoms with van der Waals surface area (Å²) in [6, 6.07) is 2.60. The van der Waals surface area contributed by atoms with Crippen molar-refractivity contribution in [2.45, 2.75) is 31.8 Å². The second-order valence-electron chi connectivity index (χ2n) is 5.37. The monoisotopic (exact) mass is 313 g/mol. The van der Waals surface area contributed by atoms with Crippen molar-refractivity contribution >= 4 is 16.1 Å². The maximum atomic E-state index is 12.9. The lowest BCUT2D eigenvalue weighted by atomic mass is 10.2. The lowest BCUT2D eigenvalue weighted by molar-refractivity contribution is -0.126. The van der Waals surface area contributed by atoms with E-state index in [0.29, 0.717) is 25.4 Å². The number of nitrogens with one attached hydrogen (secondary N) is 1. The maximum Gasteiger partial charge on any atom is 0.283 e. The van der Waals surface area contributed by atoms with Crippen molar-refractivity contribution in [2.24, 2.45) is 0 Å². The van der Waals surface area contributed by atoms with Gasteiger partial charge in [0.15, 0.2) is 0 Å². The molecule has 1 aromatic rings. The molecule has 0 spiro atoms. The number of furan rings is 1. The van der Waals surface area contributed by atoms with Gasteiger partial charge in [-0.15, -0.1) is 0 Å². The second kappa shape index (κ2) is 5.43. The smallest absolute Gasteiger partial charge is 0.283 e. The average Bonchev–Trinajstić information content (AvgIpc) is 3.11. The quantitative estimate of drug-likeness (QED) is 0.880. The number of amides is 1. The molecule has 1 amide bonds. The van der Waals surface area contributed by atoms with Gasteiger partial charge in [-0.25, -0.2) is 0 Å². The molecule has 2 saturated heterocycles. The number of nitrogens with zero attached hydrogens (tertiary/aromatic N) is 2. The van der Waals surface area contributed by atoms with Crippen LogP contribution < -0.4 is 5.32 Å². The summed E-state index contributed by atoms with van der Waals surface area (Å²) in [6.07, 6.45) is 3.08. The maximum absolute atomic E-state index is 12.9. The third kappa shape index (κ3) is 2.47. The minimum Gasteiger partial charge on any atom is -0.468 e. The molecule has 2 aliphatic heterocycles. The number of carbonyl (C=O) groups excluding carboxylic acids is 1. The van der Waals surface area contributed by atoms with Crippen molar-refractivity contribution in [1.82, 2.24) is 13.9 Å². The highest BCUT2D eigenvalue weighted by atomic mass is 32.2. The van der Waals surface area contributed by atoms with Gasteiger partial charge in [0, 0.05) is 19.6 Å². The van der Waals surface area contributed by atoms with E-state index in [1.807, 2.05) is 0 Å². The number of hydrogen-bond acceptors (Lipinski definition) is 4. The zero-order valence-electron chi connectivity index (χ0n) is 11.9. The van der Waals surface area contributed by atoms with E-state index in [2.05, 4.69) is 5.32 Å². The predicted octanol–water partition coefficient (Wildman–Crippen LogP) is 0.482. The highest BCUT2D eigenvalue weighted by Crippen LogP contribution is 2.36. The van der Waals surface area contributed by atoms with Crippen molar-refractivity contribution in [1.29, 1.82) is 0 Å². The molecule has 2 atom stereocenters. The molecule has 21 heavy (non-hydrogen) atoms. The Bertz CT molecular complexity index is 613. The minimum absolute atomic E-state index is 0.251. The Hall–Kier alpha value is -1.38. The zero-order valence-corrected chi connectivity index (χ0v) is 12.7. The van der Waals surface area contributed by atoms with Crippen molar-refractivity contribution in [3.63, 3.8) is 0 Å². The van der Waals surface area contributed by atoms with E-state index in [-0.39, 0.29) is 11.9 Å². The van der Waals surface area contributed by atoms with Crippen molar-refractivity contribution in [3.8, 4) is 0 Å². The number of rotatable bonds is 3. The molecule has 3 rings (SSSR count). The number of piperazine rings is 1. The van der Waals surface area contributed by atoms with Crippen molar-refractivity contribution < 1.29 is 17.6 Å². The molecule has 3 heterocycles. The summed E-state index contributed by atoms with van der Waals surface area (Å²) < 4.78 is 33.9. The Balaban J connectivity index is 1.88. The molecule has 0 radical (unpaired) electrons. The van der Waals surface area contributed by atoms with Gasteiger partial charge in [-0.05, 0) is 31.9 Å². The molecule has 1 N–H and O–H groups in total. The van der Waals surface area contributed by atoms with Gasteiger partial charge >= 0.3 is 0 Å². The summed E-state index contributed by atoms with van der Waals surface area (Å²) >= 11 is 0. The van der Waals surface area contributed by atoms with E-state index in [9.17, 15) is 13.2 Å². The Morgan fingerprint density at radius 2 is 2.14 bits per heavy atom. The van der Waals surface area contributed by atoms with E-state index in [1.54, 1.807) is 25.3 Å². The molecule has 0 saturated carbocycles. The SMILES string of the molecule is CC1C(=O)NCCN1S(=O)(=O)N1CCCC1c1ccco1. The van der Waals surface area contributed by atoms with Crippen LogP contribution >= 0.6 is 0 Å². The minimum atomic E-state index is -3.67. The Morgan fingerprint density at radius 3 is 2.86 bits per heavy atom. The summed E-state index contributed by atoms with van der Waals surface area (Å²) in [6.45, 7) is 2.72. The molecular formula is C13H19N3O4S. The van der Waals surface area contributed by atoms with E-state index < -0.39 is 16.3 Å². The molecule has 0 bridgehead atoms. The van der Waals surface area contributed by atoms with Gasteiger partial charge in [-0.3, -0.25) is 4.79 Å². The lowest BCUT2D eigenvalue weighted by Gasteiger charge is -2.36. The van der Waals surface area contributed by atoms with Gasteiger partial charge < -0.3 is 9.73 Å². The van der Waals surface area contributed by atoms with Crippen LogP contribution in [0.4, 0.5) is 0 Å². The van der Waals surface area contributed by atoms with Gasteiger partial charge in [0.2, 0.25) is 5.91 Å². The summed E-state index contributed by atoms with van der Waals surface area (Å²) in [4.78, 5) is 11.7. The Morgan fingerprint density at radius 1 is 1.33 bits per heavy atom. The average molecular weight is 313 g/mol. The van der Waals surface area contributed by atoms with Crippen LogP contribution in [-0.2, 0) is 15.0 Å². The molecule has 8 heteroatoms. The van der Waals surface area contributed by atoms with Crippen molar-refractivity contribution in [3.05, 3.63) is 24.2 Å². The summed E-state index contributed by atoms with van der Waals surface area (Å²) in [5.74, 6) is 0.406. The Kier molecular flexibility index (Phi) is 3.76. The van der Waals surface area contributed by atoms with Crippen LogP contribution in [-0.4, -0.2) is 48.6 Å². The van der Waals surface area contributed by atoms with Crippen LogP contribution in [0.15, 0.2) is 22.8 Å². The fourth-order valence-electron chi connectivity index (χ4n) is 2.99. The van der Waals surface area contributed by atoms with Gasteiger partial charge in [0.1, 0.15) is 11.8 Å². The molecule has 116 valence electrons. The number of hydrogen-bond donors (Lipinski definition) is 1. The van der Waals surface area contributed by atoms with Gasteiger partial charge in [0.25, 0.3) is 10.2 Å². The van der Waals surface area contributed by atoms with E-state index >= 15 is 0 Å². The van der Waals surface area contributed by atoms with Crippen LogP contribution in [0.2, 0.25) is 0 Å². The molecule has 2 unspecified atom stereocenters.